The fraction of sp³-hybridized carbons (Fsp3) is 0.214. The molecule has 0 fully saturated rings. The zero-order chi connectivity index (χ0) is 13.8. The number of anilines is 2. The van der Waals surface area contributed by atoms with Crippen LogP contribution in [-0.4, -0.2) is 17.1 Å². The van der Waals surface area contributed by atoms with Crippen LogP contribution in [0.25, 0.3) is 0 Å². The second kappa shape index (κ2) is 5.36. The zero-order valence-electron chi connectivity index (χ0n) is 11.1. The van der Waals surface area contributed by atoms with Gasteiger partial charge in [0.15, 0.2) is 0 Å². The first kappa shape index (κ1) is 12.8. The van der Waals surface area contributed by atoms with E-state index in [0.29, 0.717) is 11.5 Å². The van der Waals surface area contributed by atoms with Gasteiger partial charge in [-0.25, -0.2) is 9.97 Å². The third kappa shape index (κ3) is 2.80. The molecule has 1 heterocycles. The van der Waals surface area contributed by atoms with Crippen LogP contribution < -0.4 is 10.1 Å². The van der Waals surface area contributed by atoms with Gasteiger partial charge >= 0.3 is 0 Å². The summed E-state index contributed by atoms with van der Waals surface area (Å²) >= 11 is 0. The molecule has 1 aromatic heterocycles. The largest absolute Gasteiger partial charge is 0.494 e. The monoisotopic (exact) mass is 254 g/mol. The van der Waals surface area contributed by atoms with Gasteiger partial charge in [0.1, 0.15) is 29.7 Å². The second-order valence-corrected chi connectivity index (χ2v) is 4.19. The molecule has 2 rings (SSSR count). The van der Waals surface area contributed by atoms with Crippen LogP contribution in [0.15, 0.2) is 24.5 Å². The first-order valence-electron chi connectivity index (χ1n) is 5.78. The molecule has 1 N–H and O–H groups in total. The molecular formula is C14H14N4O. The number of nitrogens with zero attached hydrogens (tertiary/aromatic N) is 3. The van der Waals surface area contributed by atoms with Crippen LogP contribution in [0.3, 0.4) is 0 Å². The molecule has 0 aliphatic rings. The molecule has 5 heteroatoms. The van der Waals surface area contributed by atoms with Gasteiger partial charge in [0.05, 0.1) is 12.8 Å². The Morgan fingerprint density at radius 1 is 1.21 bits per heavy atom. The first-order valence-corrected chi connectivity index (χ1v) is 5.78. The summed E-state index contributed by atoms with van der Waals surface area (Å²) < 4.78 is 5.39. The van der Waals surface area contributed by atoms with Gasteiger partial charge in [-0.15, -0.1) is 0 Å². The maximum absolute atomic E-state index is 8.82. The SMILES string of the molecule is COc1c(C)cc(C)cc1Nc1cc(C#N)ncn1. The van der Waals surface area contributed by atoms with E-state index in [2.05, 4.69) is 15.3 Å². The molecule has 0 saturated carbocycles. The van der Waals surface area contributed by atoms with Crippen molar-refractivity contribution in [3.63, 3.8) is 0 Å². The van der Waals surface area contributed by atoms with E-state index >= 15 is 0 Å². The van der Waals surface area contributed by atoms with Gasteiger partial charge in [-0.05, 0) is 31.0 Å². The molecule has 0 spiro atoms. The number of hydrogen-bond acceptors (Lipinski definition) is 5. The molecule has 0 aliphatic heterocycles. The third-order valence-electron chi connectivity index (χ3n) is 2.67. The summed E-state index contributed by atoms with van der Waals surface area (Å²) in [6.07, 6.45) is 1.36. The van der Waals surface area contributed by atoms with Crippen molar-refractivity contribution in [3.8, 4) is 11.8 Å². The van der Waals surface area contributed by atoms with Gasteiger partial charge < -0.3 is 10.1 Å². The second-order valence-electron chi connectivity index (χ2n) is 4.19. The maximum atomic E-state index is 8.82. The average Bonchev–Trinajstić information content (AvgIpc) is 2.38. The zero-order valence-corrected chi connectivity index (χ0v) is 11.1. The topological polar surface area (TPSA) is 70.8 Å². The van der Waals surface area contributed by atoms with Crippen LogP contribution in [0.5, 0.6) is 5.75 Å². The Balaban J connectivity index is 2.40. The van der Waals surface area contributed by atoms with E-state index in [1.807, 2.05) is 32.0 Å². The van der Waals surface area contributed by atoms with Crippen molar-refractivity contribution >= 4 is 11.5 Å². The molecule has 0 saturated heterocycles. The molecule has 1 aromatic carbocycles. The number of rotatable bonds is 3. The van der Waals surface area contributed by atoms with Gasteiger partial charge in [-0.1, -0.05) is 6.07 Å². The van der Waals surface area contributed by atoms with Gasteiger partial charge in [0.2, 0.25) is 0 Å². The molecule has 0 atom stereocenters. The minimum Gasteiger partial charge on any atom is -0.494 e. The van der Waals surface area contributed by atoms with E-state index in [1.54, 1.807) is 13.2 Å². The highest BCUT2D eigenvalue weighted by Crippen LogP contribution is 2.31. The Kier molecular flexibility index (Phi) is 3.62. The third-order valence-corrected chi connectivity index (χ3v) is 2.67. The van der Waals surface area contributed by atoms with E-state index in [-0.39, 0.29) is 0 Å². The number of methoxy groups -OCH3 is 1. The Morgan fingerprint density at radius 2 is 2.00 bits per heavy atom. The Morgan fingerprint density at radius 3 is 2.68 bits per heavy atom. The van der Waals surface area contributed by atoms with Gasteiger partial charge in [-0.3, -0.25) is 0 Å². The van der Waals surface area contributed by atoms with Crippen molar-refractivity contribution in [2.75, 3.05) is 12.4 Å². The van der Waals surface area contributed by atoms with Crippen LogP contribution in [0.2, 0.25) is 0 Å². The number of nitriles is 1. The molecule has 96 valence electrons. The van der Waals surface area contributed by atoms with Crippen molar-refractivity contribution < 1.29 is 4.74 Å². The van der Waals surface area contributed by atoms with Crippen LogP contribution >= 0.6 is 0 Å². The van der Waals surface area contributed by atoms with Crippen LogP contribution in [0.1, 0.15) is 16.8 Å². The number of ether oxygens (including phenoxy) is 1. The lowest BCUT2D eigenvalue weighted by Crippen LogP contribution is -2.00. The van der Waals surface area contributed by atoms with Gasteiger partial charge in [0.25, 0.3) is 0 Å². The van der Waals surface area contributed by atoms with E-state index < -0.39 is 0 Å². The summed E-state index contributed by atoms with van der Waals surface area (Å²) in [5.41, 5.74) is 3.30. The van der Waals surface area contributed by atoms with E-state index in [4.69, 9.17) is 10.00 Å². The lowest BCUT2D eigenvalue weighted by Gasteiger charge is -2.14. The quantitative estimate of drug-likeness (QED) is 0.911. The Hall–Kier alpha value is -2.61. The van der Waals surface area contributed by atoms with Crippen molar-refractivity contribution in [2.24, 2.45) is 0 Å². The molecule has 0 radical (unpaired) electrons. The molecule has 0 amide bonds. The number of aromatic nitrogens is 2. The smallest absolute Gasteiger partial charge is 0.145 e. The number of hydrogen-bond donors (Lipinski definition) is 1. The lowest BCUT2D eigenvalue weighted by molar-refractivity contribution is 0.413. The summed E-state index contributed by atoms with van der Waals surface area (Å²) in [4.78, 5) is 7.92. The first-order chi connectivity index (χ1) is 9.13. The van der Waals surface area contributed by atoms with Crippen LogP contribution in [0.4, 0.5) is 11.5 Å². The van der Waals surface area contributed by atoms with E-state index in [9.17, 15) is 0 Å². The fourth-order valence-corrected chi connectivity index (χ4v) is 1.94. The van der Waals surface area contributed by atoms with Crippen molar-refractivity contribution in [2.45, 2.75) is 13.8 Å². The normalized spacial score (nSPS) is 9.79. The van der Waals surface area contributed by atoms with Crippen molar-refractivity contribution in [1.29, 1.82) is 5.26 Å². The molecular weight excluding hydrogens is 240 g/mol. The average molecular weight is 254 g/mol. The van der Waals surface area contributed by atoms with Crippen molar-refractivity contribution in [3.05, 3.63) is 41.3 Å². The number of benzene rings is 1. The maximum Gasteiger partial charge on any atom is 0.145 e. The highest BCUT2D eigenvalue weighted by Gasteiger charge is 2.08. The van der Waals surface area contributed by atoms with Gasteiger partial charge in [-0.2, -0.15) is 5.26 Å². The summed E-state index contributed by atoms with van der Waals surface area (Å²) in [6.45, 7) is 4.00. The molecule has 0 aliphatic carbocycles. The molecule has 0 bridgehead atoms. The molecule has 2 aromatic rings. The minimum atomic E-state index is 0.320. The predicted molar refractivity (Wildman–Crippen MR) is 72.5 cm³/mol. The molecule has 0 unspecified atom stereocenters. The summed E-state index contributed by atoms with van der Waals surface area (Å²) in [7, 11) is 1.63. The van der Waals surface area contributed by atoms with E-state index in [1.165, 1.54) is 6.33 Å². The summed E-state index contributed by atoms with van der Waals surface area (Å²) in [5.74, 6) is 1.33. The van der Waals surface area contributed by atoms with Crippen LogP contribution in [-0.2, 0) is 0 Å². The Bertz CT molecular complexity index is 646. The highest BCUT2D eigenvalue weighted by atomic mass is 16.5. The fourth-order valence-electron chi connectivity index (χ4n) is 1.94. The van der Waals surface area contributed by atoms with Crippen molar-refractivity contribution in [1.82, 2.24) is 9.97 Å². The van der Waals surface area contributed by atoms with Crippen LogP contribution in [0, 0.1) is 25.2 Å². The lowest BCUT2D eigenvalue weighted by atomic mass is 10.1. The predicted octanol–water partition coefficient (Wildman–Crippen LogP) is 2.72. The summed E-state index contributed by atoms with van der Waals surface area (Å²) in [5, 5.41) is 12.0. The van der Waals surface area contributed by atoms with E-state index in [0.717, 1.165) is 22.6 Å². The van der Waals surface area contributed by atoms with Gasteiger partial charge in [0, 0.05) is 6.07 Å². The minimum absolute atomic E-state index is 0.320. The number of nitrogens with one attached hydrogen (secondary N) is 1. The Labute approximate surface area is 111 Å². The molecule has 5 nitrogen and oxygen atoms in total. The molecule has 19 heavy (non-hydrogen) atoms. The highest BCUT2D eigenvalue weighted by molar-refractivity contribution is 5.67. The number of aryl methyl sites for hydroxylation is 2. The standard InChI is InChI=1S/C14H14N4O/c1-9-4-10(2)14(19-3)12(5-9)18-13-6-11(7-15)16-8-17-13/h4-6,8H,1-3H3,(H,16,17,18). The summed E-state index contributed by atoms with van der Waals surface area (Å²) in [6, 6.07) is 7.60.